The average Bonchev–Trinajstić information content (AvgIpc) is 3.32. The number of nitrogens with one attached hydrogen (secondary N) is 1. The highest BCUT2D eigenvalue weighted by atomic mass is 32.2. The van der Waals surface area contributed by atoms with Crippen molar-refractivity contribution in [2.45, 2.75) is 25.3 Å². The lowest BCUT2D eigenvalue weighted by Gasteiger charge is -2.24. The van der Waals surface area contributed by atoms with Crippen LogP contribution < -0.4 is 15.1 Å². The van der Waals surface area contributed by atoms with Crippen molar-refractivity contribution < 1.29 is 8.42 Å². The second kappa shape index (κ2) is 7.34. The number of benzene rings is 1. The Morgan fingerprint density at radius 3 is 2.56 bits per heavy atom. The van der Waals surface area contributed by atoms with Gasteiger partial charge in [0.1, 0.15) is 5.82 Å². The number of hydrogen-bond acceptors (Lipinski definition) is 7. The summed E-state index contributed by atoms with van der Waals surface area (Å²) in [5.74, 6) is 1.67. The summed E-state index contributed by atoms with van der Waals surface area (Å²) in [5.41, 5.74) is 2.18. The maximum Gasteiger partial charge on any atom is 0.229 e. The molecule has 2 saturated heterocycles. The maximum atomic E-state index is 11.7. The predicted molar refractivity (Wildman–Crippen MR) is 109 cm³/mol. The van der Waals surface area contributed by atoms with E-state index in [0.29, 0.717) is 12.4 Å². The van der Waals surface area contributed by atoms with E-state index in [9.17, 15) is 8.42 Å². The van der Waals surface area contributed by atoms with E-state index in [1.807, 2.05) is 30.1 Å². The highest BCUT2D eigenvalue weighted by molar-refractivity contribution is 7.91. The Morgan fingerprint density at radius 1 is 1.15 bits per heavy atom. The molecular formula is C19H25N5O2S. The van der Waals surface area contributed by atoms with E-state index in [-0.39, 0.29) is 17.5 Å². The molecule has 7 nitrogen and oxygen atoms in total. The molecule has 0 radical (unpaired) electrons. The summed E-state index contributed by atoms with van der Waals surface area (Å²) in [5, 5.41) is 3.24. The minimum Gasteiger partial charge on any atom is -0.372 e. The first-order valence-corrected chi connectivity index (χ1v) is 11.2. The van der Waals surface area contributed by atoms with E-state index < -0.39 is 9.84 Å². The van der Waals surface area contributed by atoms with Crippen molar-refractivity contribution in [3.63, 3.8) is 0 Å². The summed E-state index contributed by atoms with van der Waals surface area (Å²) >= 11 is 0. The first-order chi connectivity index (χ1) is 13.0. The normalized spacial score (nSPS) is 21.4. The van der Waals surface area contributed by atoms with Gasteiger partial charge in [-0.3, -0.25) is 0 Å². The summed E-state index contributed by atoms with van der Waals surface area (Å²) < 4.78 is 23.5. The van der Waals surface area contributed by atoms with Gasteiger partial charge < -0.3 is 15.1 Å². The van der Waals surface area contributed by atoms with Crippen molar-refractivity contribution in [3.05, 3.63) is 36.5 Å². The van der Waals surface area contributed by atoms with Gasteiger partial charge in [-0.05, 0) is 49.6 Å². The summed E-state index contributed by atoms with van der Waals surface area (Å²) in [6.45, 7) is 2.25. The van der Waals surface area contributed by atoms with Crippen molar-refractivity contribution in [1.82, 2.24) is 9.97 Å². The van der Waals surface area contributed by atoms with Crippen molar-refractivity contribution in [1.29, 1.82) is 0 Å². The third-order valence-corrected chi connectivity index (χ3v) is 7.10. The molecule has 3 heterocycles. The van der Waals surface area contributed by atoms with Gasteiger partial charge in [-0.15, -0.1) is 0 Å². The van der Waals surface area contributed by atoms with Gasteiger partial charge >= 0.3 is 0 Å². The fourth-order valence-corrected chi connectivity index (χ4v) is 5.51. The molecule has 0 saturated carbocycles. The highest BCUT2D eigenvalue weighted by Crippen LogP contribution is 2.25. The van der Waals surface area contributed by atoms with Crippen LogP contribution in [0.1, 0.15) is 19.3 Å². The van der Waals surface area contributed by atoms with Gasteiger partial charge in [0.25, 0.3) is 0 Å². The first-order valence-electron chi connectivity index (χ1n) is 9.38. The minimum atomic E-state index is -2.92. The molecule has 0 aliphatic carbocycles. The van der Waals surface area contributed by atoms with Gasteiger partial charge in [-0.25, -0.2) is 13.4 Å². The van der Waals surface area contributed by atoms with Crippen molar-refractivity contribution in [2.75, 3.05) is 46.8 Å². The van der Waals surface area contributed by atoms with Crippen LogP contribution in [0.4, 0.5) is 23.1 Å². The molecule has 1 aromatic heterocycles. The maximum absolute atomic E-state index is 11.7. The van der Waals surface area contributed by atoms with Gasteiger partial charge in [-0.2, -0.15) is 4.98 Å². The predicted octanol–water partition coefficient (Wildman–Crippen LogP) is 2.44. The lowest BCUT2D eigenvalue weighted by Crippen LogP contribution is -2.33. The molecule has 1 N–H and O–H groups in total. The third kappa shape index (κ3) is 4.16. The molecular weight excluding hydrogens is 362 g/mol. The number of sulfone groups is 1. The topological polar surface area (TPSA) is 78.4 Å². The van der Waals surface area contributed by atoms with Gasteiger partial charge in [0.2, 0.25) is 5.95 Å². The largest absolute Gasteiger partial charge is 0.372 e. The zero-order valence-electron chi connectivity index (χ0n) is 15.5. The van der Waals surface area contributed by atoms with Crippen LogP contribution in [-0.2, 0) is 9.84 Å². The molecule has 0 bridgehead atoms. The van der Waals surface area contributed by atoms with Crippen LogP contribution in [0.3, 0.4) is 0 Å². The molecule has 0 amide bonds. The summed E-state index contributed by atoms with van der Waals surface area (Å²) in [7, 11) is -1.03. The number of nitrogens with zero attached hydrogens (tertiary/aromatic N) is 4. The van der Waals surface area contributed by atoms with Crippen LogP contribution in [0.5, 0.6) is 0 Å². The van der Waals surface area contributed by atoms with E-state index in [4.69, 9.17) is 0 Å². The lowest BCUT2D eigenvalue weighted by molar-refractivity contribution is 0.600. The second-order valence-electron chi connectivity index (χ2n) is 7.27. The summed E-state index contributed by atoms with van der Waals surface area (Å²) in [6.07, 6.45) is 4.86. The number of aromatic nitrogens is 2. The molecule has 27 heavy (non-hydrogen) atoms. The Kier molecular flexibility index (Phi) is 4.90. The smallest absolute Gasteiger partial charge is 0.229 e. The molecule has 2 aliphatic heterocycles. The van der Waals surface area contributed by atoms with Crippen LogP contribution in [0, 0.1) is 0 Å². The van der Waals surface area contributed by atoms with Crippen molar-refractivity contribution in [2.24, 2.45) is 0 Å². The molecule has 144 valence electrons. The number of hydrogen-bond donors (Lipinski definition) is 1. The average molecular weight is 388 g/mol. The number of rotatable bonds is 5. The van der Waals surface area contributed by atoms with E-state index >= 15 is 0 Å². The van der Waals surface area contributed by atoms with Crippen LogP contribution >= 0.6 is 0 Å². The van der Waals surface area contributed by atoms with Gasteiger partial charge in [0.15, 0.2) is 9.84 Å². The van der Waals surface area contributed by atoms with Gasteiger partial charge in [-0.1, -0.05) is 0 Å². The quantitative estimate of drug-likeness (QED) is 0.844. The Hall–Kier alpha value is -2.35. The van der Waals surface area contributed by atoms with Gasteiger partial charge in [0, 0.05) is 43.8 Å². The molecule has 4 rings (SSSR count). The van der Waals surface area contributed by atoms with Crippen molar-refractivity contribution in [3.8, 4) is 0 Å². The van der Waals surface area contributed by atoms with E-state index in [2.05, 4.69) is 32.3 Å². The molecule has 2 fully saturated rings. The molecule has 1 unspecified atom stereocenters. The molecule has 1 aromatic carbocycles. The molecule has 1 atom stereocenters. The molecule has 2 aromatic rings. The second-order valence-corrected chi connectivity index (χ2v) is 9.50. The van der Waals surface area contributed by atoms with E-state index in [1.165, 1.54) is 18.5 Å². The summed E-state index contributed by atoms with van der Waals surface area (Å²) in [6, 6.07) is 10.1. The fourth-order valence-electron chi connectivity index (χ4n) is 3.73. The highest BCUT2D eigenvalue weighted by Gasteiger charge is 2.31. The zero-order chi connectivity index (χ0) is 18.9. The number of anilines is 4. The fraction of sp³-hybridized carbons (Fsp3) is 0.474. The first kappa shape index (κ1) is 18.0. The minimum absolute atomic E-state index is 0.0301. The van der Waals surface area contributed by atoms with E-state index in [0.717, 1.165) is 24.6 Å². The third-order valence-electron chi connectivity index (χ3n) is 5.35. The van der Waals surface area contributed by atoms with Crippen molar-refractivity contribution >= 4 is 33.0 Å². The SMILES string of the molecule is CN(c1ccnc(Nc2ccc(N3CCCC3)cc2)n1)C1CCS(=O)(=O)C1. The van der Waals surface area contributed by atoms with Crippen LogP contribution in [0.25, 0.3) is 0 Å². The van der Waals surface area contributed by atoms with Crippen LogP contribution in [0.2, 0.25) is 0 Å². The Labute approximate surface area is 160 Å². The molecule has 0 spiro atoms. The Balaban J connectivity index is 1.44. The van der Waals surface area contributed by atoms with Gasteiger partial charge in [0.05, 0.1) is 11.5 Å². The molecule has 2 aliphatic rings. The van der Waals surface area contributed by atoms with Crippen LogP contribution in [0.15, 0.2) is 36.5 Å². The van der Waals surface area contributed by atoms with Crippen LogP contribution in [-0.4, -0.2) is 56.1 Å². The Morgan fingerprint density at radius 2 is 1.89 bits per heavy atom. The zero-order valence-corrected chi connectivity index (χ0v) is 16.3. The standard InChI is InChI=1S/C19H25N5O2S/c1-23(17-9-13-27(25,26)14-17)18-8-10-20-19(22-18)21-15-4-6-16(7-5-15)24-11-2-3-12-24/h4-8,10,17H,2-3,9,11-14H2,1H3,(H,20,21,22). The molecule has 8 heteroatoms. The monoisotopic (exact) mass is 387 g/mol. The summed E-state index contributed by atoms with van der Waals surface area (Å²) in [4.78, 5) is 13.2. The lowest BCUT2D eigenvalue weighted by atomic mass is 10.2. The Bertz CT molecular complexity index is 895. The van der Waals surface area contributed by atoms with E-state index in [1.54, 1.807) is 6.20 Å².